The maximum atomic E-state index is 12.1. The number of aryl methyl sites for hydroxylation is 6. The maximum Gasteiger partial charge on any atom is 2.00 e. The van der Waals surface area contributed by atoms with Crippen molar-refractivity contribution in [3.8, 4) is 0 Å². The molecule has 0 aliphatic heterocycles. The molecule has 0 atom stereocenters. The summed E-state index contributed by atoms with van der Waals surface area (Å²) in [6.45, 7) is 57.3. The molecule has 96 heavy (non-hydrogen) atoms. The van der Waals surface area contributed by atoms with Gasteiger partial charge in [0, 0.05) is 65.3 Å². The molecule has 1 amide bonds. The Labute approximate surface area is 612 Å². The molecule has 0 unspecified atom stereocenters. The van der Waals surface area contributed by atoms with Crippen molar-refractivity contribution >= 4 is 80.6 Å². The molecule has 5 aromatic rings. The van der Waals surface area contributed by atoms with Gasteiger partial charge < -0.3 is 42.2 Å². The normalized spacial score (nSPS) is 12.5. The van der Waals surface area contributed by atoms with Gasteiger partial charge in [-0.15, -0.1) is 5.54 Å². The third kappa shape index (κ3) is 37.0. The van der Waals surface area contributed by atoms with Crippen molar-refractivity contribution in [2.24, 2.45) is 15.9 Å². The number of methoxy groups -OCH3 is 1. The molecule has 1 N–H and O–H groups in total. The van der Waals surface area contributed by atoms with E-state index >= 15 is 0 Å². The molecule has 1 aliphatic carbocycles. The van der Waals surface area contributed by atoms with Crippen LogP contribution < -0.4 is 5.46 Å². The summed E-state index contributed by atoms with van der Waals surface area (Å²) >= 11 is 0. The summed E-state index contributed by atoms with van der Waals surface area (Å²) in [4.78, 5) is 43.6. The number of carboxylic acid groups (broad SMARTS) is 1. The molecular weight excluding hydrogens is 1400 g/mol. The van der Waals surface area contributed by atoms with Crippen LogP contribution in [-0.2, 0) is 80.9 Å². The van der Waals surface area contributed by atoms with Crippen LogP contribution >= 0.6 is 15.8 Å². The predicted molar refractivity (Wildman–Crippen MR) is 399 cm³/mol. The Morgan fingerprint density at radius 2 is 0.833 bits per heavy atom. The van der Waals surface area contributed by atoms with Gasteiger partial charge in [0.05, 0.1) is 79.6 Å². The van der Waals surface area contributed by atoms with Crippen LogP contribution in [0.25, 0.3) is 16.1 Å². The van der Waals surface area contributed by atoms with E-state index in [4.69, 9.17) is 22.9 Å². The number of benzene rings is 5. The number of alkyl halides is 6. The van der Waals surface area contributed by atoms with Crippen LogP contribution in [0, 0.1) is 69.7 Å². The average Bonchev–Trinajstić information content (AvgIpc) is 1.59. The van der Waals surface area contributed by atoms with Crippen LogP contribution in [0.2, 0.25) is 0 Å². The molecule has 0 heterocycles. The summed E-state index contributed by atoms with van der Waals surface area (Å²) in [5.74, 6) is -0.722. The van der Waals surface area contributed by atoms with Crippen molar-refractivity contribution in [2.75, 3.05) is 19.4 Å². The average molecular weight is 1520 g/mol. The number of carboxylic acids is 1. The molecule has 1 aliphatic rings. The van der Waals surface area contributed by atoms with Crippen LogP contribution in [-0.4, -0.2) is 87.8 Å². The van der Waals surface area contributed by atoms with Gasteiger partial charge in [0.15, 0.2) is 6.16 Å². The van der Waals surface area contributed by atoms with Gasteiger partial charge in [-0.1, -0.05) is 165 Å². The number of esters is 1. The van der Waals surface area contributed by atoms with Gasteiger partial charge >= 0.3 is 40.8 Å². The van der Waals surface area contributed by atoms with Crippen molar-refractivity contribution in [2.45, 2.75) is 238 Å². The van der Waals surface area contributed by atoms with E-state index in [1.165, 1.54) is 75.2 Å². The van der Waals surface area contributed by atoms with Gasteiger partial charge in [-0.2, -0.15) is 26.3 Å². The van der Waals surface area contributed by atoms with Gasteiger partial charge in [0.1, 0.15) is 7.85 Å². The third-order valence-corrected chi connectivity index (χ3v) is 21.9. The summed E-state index contributed by atoms with van der Waals surface area (Å²) in [5.41, 5.74) is 10.0. The third-order valence-electron chi connectivity index (χ3n) is 13.4. The Morgan fingerprint density at radius 3 is 1.05 bits per heavy atom. The first-order valence-corrected chi connectivity index (χ1v) is 34.3. The van der Waals surface area contributed by atoms with Gasteiger partial charge in [-0.3, -0.25) is 4.79 Å². The minimum Gasteiger partial charge on any atom is -0.646 e. The summed E-state index contributed by atoms with van der Waals surface area (Å²) in [6.07, 6.45) is -6.17. The fourth-order valence-corrected chi connectivity index (χ4v) is 17.7. The number of carbonyl (C=O) groups excluding carboxylic acids is 2. The second-order valence-corrected chi connectivity index (χ2v) is 37.1. The fraction of sp³-hybridized carbons (Fsp3) is 0.526. The topological polar surface area (TPSA) is 119 Å². The molecule has 552 valence electrons. The van der Waals surface area contributed by atoms with Crippen LogP contribution in [0.15, 0.2) is 88.8 Å². The number of halogens is 6. The Balaban J connectivity index is -0.000000215. The van der Waals surface area contributed by atoms with E-state index in [2.05, 4.69) is 223 Å². The maximum absolute atomic E-state index is 12.1. The molecule has 0 saturated heterocycles. The zero-order valence-electron chi connectivity index (χ0n) is 63.6. The minimum atomic E-state index is -4.84. The number of amides is 1. The first-order valence-electron chi connectivity index (χ1n) is 30.9. The second kappa shape index (κ2) is 45.1. The van der Waals surface area contributed by atoms with Gasteiger partial charge in [0.25, 0.3) is 0 Å². The number of hydrogen-bond donors (Lipinski definition) is 1. The number of ether oxygens (including phenoxy) is 1. The van der Waals surface area contributed by atoms with Crippen molar-refractivity contribution in [3.63, 3.8) is 0 Å². The van der Waals surface area contributed by atoms with E-state index in [0.717, 1.165) is 22.8 Å². The number of rotatable bonds is 7. The quantitative estimate of drug-likeness (QED) is 0.0572. The van der Waals surface area contributed by atoms with Crippen LogP contribution in [0.4, 0.5) is 37.7 Å². The zero-order valence-corrected chi connectivity index (χ0v) is 68.6. The fourth-order valence-electron chi connectivity index (χ4n) is 10.4. The first-order chi connectivity index (χ1) is 40.7. The van der Waals surface area contributed by atoms with Crippen molar-refractivity contribution in [1.29, 1.82) is 0 Å². The van der Waals surface area contributed by atoms with Crippen LogP contribution in [0.5, 0.6) is 0 Å². The van der Waals surface area contributed by atoms with Crippen LogP contribution in [0.1, 0.15) is 214 Å². The number of aliphatic carboxylic acids is 1. The Kier molecular flexibility index (Phi) is 49.5. The molecular formula is C76H118BF6N3Ni3O5P2. The molecule has 0 spiro atoms. The molecule has 0 fully saturated rings. The smallest absolute Gasteiger partial charge is 0.646 e. The van der Waals surface area contributed by atoms with Gasteiger partial charge in [-0.05, 0) is 158 Å². The molecule has 2 radical (unpaired) electrons. The monoisotopic (exact) mass is 1510 g/mol. The van der Waals surface area contributed by atoms with E-state index in [0.29, 0.717) is 24.5 Å². The van der Waals surface area contributed by atoms with Crippen molar-refractivity contribution in [1.82, 2.24) is 0 Å². The van der Waals surface area contributed by atoms with Crippen molar-refractivity contribution in [3.05, 3.63) is 162 Å². The minimum absolute atomic E-state index is 0. The number of hydrogen-bond acceptors (Lipinski definition) is 6. The molecule has 20 heteroatoms. The number of carbonyl (C=O) groups is 3. The van der Waals surface area contributed by atoms with Crippen LogP contribution in [0.3, 0.4) is 0 Å². The molecule has 0 saturated carbocycles. The van der Waals surface area contributed by atoms with E-state index < -0.39 is 50.8 Å². The number of aliphatic imine (C=N–C) groups is 2. The van der Waals surface area contributed by atoms with E-state index in [-0.39, 0.29) is 122 Å². The van der Waals surface area contributed by atoms with Gasteiger partial charge in [-0.25, -0.2) is 14.8 Å². The molecule has 0 bridgehead atoms. The van der Waals surface area contributed by atoms with Gasteiger partial charge in [0.2, 0.25) is 0 Å². The summed E-state index contributed by atoms with van der Waals surface area (Å²) < 4.78 is 77.1. The Hall–Kier alpha value is -3.90. The molecule has 6 rings (SSSR count). The summed E-state index contributed by atoms with van der Waals surface area (Å²) in [7, 11) is 4.68. The van der Waals surface area contributed by atoms with E-state index in [1.54, 1.807) is 13.8 Å². The van der Waals surface area contributed by atoms with Crippen molar-refractivity contribution < 1.29 is 100 Å². The largest absolute Gasteiger partial charge is 2.00 e. The number of nitrogens with zero attached hydrogens (tertiary/aromatic N) is 3. The second-order valence-electron chi connectivity index (χ2n) is 28.4. The summed E-state index contributed by atoms with van der Waals surface area (Å²) in [6, 6.07) is 22.7. The van der Waals surface area contributed by atoms with E-state index in [1.807, 2.05) is 20.8 Å². The Bertz CT molecular complexity index is 3010. The SMILES string of the molecule is CC(C)(C)[N-]C(=O)C[PH+](C(C)(C)C)C(C)(C)C.CC(C)(C)[PH+](CC(=O)O)C(C)(C)C.CCC.CCC.COC(=O)C(C)C.Cc1cc(C)c(N=C2C(=Nc3c(C)cc(C)cc3C)c3cccc4cccc2c34)c(C)c1.[B]c1cc(C(F)(F)F)cc(C(F)(F)F)c1.[CH3-].[CH3-].[CH3-].[Ni+2].[Ni].[Ni]. The first kappa shape index (κ1) is 106. The standard InChI is InChI=1S/C30H28N2.C14H30NOP.C10H21O2P.C8H3BF6.C5H10O2.2C3H8.3CH3.3Ni/c1-17-13-19(3)27(20(4)14-17)31-29-24-11-7-9-23-10-8-12-25(26(23)24)30(29)32-28-21(5)15-18(2)16-22(28)6;1-12(2,3)15-11(16)10-17(13(4,5)6)14(7,8)9;1-9(2,3)13(7-8(11)12)10(4,5)6;9-6-2-4(7(10,11)12)1-5(3-6)8(13,14)15;1-4(2)5(6)7-3;2*1-3-2;;;;;;/h7-16H,1-6H3;10H2,1-9H3,(H,15,16);7H2,1-6H3,(H,11,12);1-3H;4H,1-3H3;2*3H2,1-2H3;3*1H3;;;/q;;;;;;;3*-1;;;+2/p+1. The molecule has 8 nitrogen and oxygen atoms in total. The molecule has 5 aromatic carbocycles. The van der Waals surface area contributed by atoms with E-state index in [9.17, 15) is 40.7 Å². The Morgan fingerprint density at radius 1 is 0.542 bits per heavy atom. The predicted octanol–water partition coefficient (Wildman–Crippen LogP) is 22.8. The zero-order chi connectivity index (χ0) is 70.6. The molecule has 0 aromatic heterocycles. The summed E-state index contributed by atoms with van der Waals surface area (Å²) in [5, 5.41) is 16.3.